The first-order valence-corrected chi connectivity index (χ1v) is 7.35. The van der Waals surface area contributed by atoms with Crippen LogP contribution in [0.3, 0.4) is 0 Å². The Morgan fingerprint density at radius 3 is 2.71 bits per heavy atom. The highest BCUT2D eigenvalue weighted by Gasteiger charge is 2.09. The molecule has 3 heteroatoms. The summed E-state index contributed by atoms with van der Waals surface area (Å²) in [5.41, 5.74) is 1.49. The van der Waals surface area contributed by atoms with E-state index in [4.69, 9.17) is 0 Å². The minimum atomic E-state index is 0.607. The van der Waals surface area contributed by atoms with E-state index in [1.807, 2.05) is 11.3 Å². The molecule has 1 rings (SSSR count). The number of hydrogen-bond acceptors (Lipinski definition) is 3. The quantitative estimate of drug-likeness (QED) is 0.750. The Labute approximate surface area is 110 Å². The summed E-state index contributed by atoms with van der Waals surface area (Å²) in [6.45, 7) is 12.1. The molecule has 0 aliphatic heterocycles. The number of nitrogens with one attached hydrogen (secondary N) is 1. The number of thiophene rings is 1. The molecule has 0 saturated carbocycles. The van der Waals surface area contributed by atoms with Crippen LogP contribution in [0.25, 0.3) is 0 Å². The molecular formula is C14H26N2S. The summed E-state index contributed by atoms with van der Waals surface area (Å²) in [6, 6.07) is 2.97. The van der Waals surface area contributed by atoms with Crippen molar-refractivity contribution in [3.63, 3.8) is 0 Å². The molecule has 0 fully saturated rings. The third-order valence-corrected chi connectivity index (χ3v) is 4.19. The van der Waals surface area contributed by atoms with Gasteiger partial charge in [-0.05, 0) is 52.4 Å². The molecule has 98 valence electrons. The van der Waals surface area contributed by atoms with Gasteiger partial charge in [0, 0.05) is 28.9 Å². The molecule has 0 aliphatic carbocycles. The van der Waals surface area contributed by atoms with E-state index in [-0.39, 0.29) is 0 Å². The fourth-order valence-corrected chi connectivity index (χ4v) is 2.69. The molecule has 0 radical (unpaired) electrons. The molecule has 1 N–H and O–H groups in total. The van der Waals surface area contributed by atoms with E-state index in [9.17, 15) is 0 Å². The number of aryl methyl sites for hydroxylation is 1. The van der Waals surface area contributed by atoms with Crippen LogP contribution in [-0.2, 0) is 13.1 Å². The van der Waals surface area contributed by atoms with Crippen LogP contribution in [0, 0.1) is 6.92 Å². The van der Waals surface area contributed by atoms with Crippen molar-refractivity contribution in [3.05, 3.63) is 21.4 Å². The fraction of sp³-hybridized carbons (Fsp3) is 0.714. The molecule has 1 aromatic rings. The van der Waals surface area contributed by atoms with E-state index in [0.717, 1.165) is 19.6 Å². The second-order valence-corrected chi connectivity index (χ2v) is 6.32. The van der Waals surface area contributed by atoms with E-state index < -0.39 is 0 Å². The van der Waals surface area contributed by atoms with Crippen LogP contribution >= 0.6 is 11.3 Å². The molecule has 0 unspecified atom stereocenters. The average molecular weight is 254 g/mol. The lowest BCUT2D eigenvalue weighted by Gasteiger charge is -2.20. The summed E-state index contributed by atoms with van der Waals surface area (Å²) in [4.78, 5) is 5.31. The van der Waals surface area contributed by atoms with Gasteiger partial charge in [0.25, 0.3) is 0 Å². The molecule has 0 spiro atoms. The van der Waals surface area contributed by atoms with Crippen LogP contribution in [0.15, 0.2) is 6.07 Å². The Hall–Kier alpha value is -0.380. The average Bonchev–Trinajstić information content (AvgIpc) is 2.60. The van der Waals surface area contributed by atoms with Gasteiger partial charge in [0.2, 0.25) is 0 Å². The van der Waals surface area contributed by atoms with Crippen molar-refractivity contribution in [2.45, 2.75) is 53.2 Å². The fourth-order valence-electron chi connectivity index (χ4n) is 1.67. The van der Waals surface area contributed by atoms with E-state index in [1.165, 1.54) is 21.7 Å². The zero-order valence-electron chi connectivity index (χ0n) is 11.8. The largest absolute Gasteiger partial charge is 0.312 e. The van der Waals surface area contributed by atoms with Crippen molar-refractivity contribution in [2.24, 2.45) is 0 Å². The molecule has 17 heavy (non-hydrogen) atoms. The van der Waals surface area contributed by atoms with Crippen LogP contribution in [-0.4, -0.2) is 24.5 Å². The van der Waals surface area contributed by atoms with Crippen molar-refractivity contribution in [1.29, 1.82) is 0 Å². The minimum Gasteiger partial charge on any atom is -0.312 e. The Balaban J connectivity index is 2.55. The zero-order chi connectivity index (χ0) is 12.8. The van der Waals surface area contributed by atoms with Crippen LogP contribution in [0.5, 0.6) is 0 Å². The van der Waals surface area contributed by atoms with E-state index in [1.54, 1.807) is 0 Å². The Morgan fingerprint density at radius 1 is 1.41 bits per heavy atom. The summed E-state index contributed by atoms with van der Waals surface area (Å²) in [6.07, 6.45) is 1.20. The summed E-state index contributed by atoms with van der Waals surface area (Å²) in [5, 5.41) is 3.46. The number of nitrogens with zero attached hydrogens (tertiary/aromatic N) is 1. The van der Waals surface area contributed by atoms with Crippen LogP contribution < -0.4 is 5.32 Å². The smallest absolute Gasteiger partial charge is 0.0299 e. The van der Waals surface area contributed by atoms with Gasteiger partial charge in [0.15, 0.2) is 0 Å². The van der Waals surface area contributed by atoms with Crippen molar-refractivity contribution in [3.8, 4) is 0 Å². The van der Waals surface area contributed by atoms with E-state index in [2.05, 4.69) is 51.0 Å². The minimum absolute atomic E-state index is 0.607. The maximum Gasteiger partial charge on any atom is 0.0299 e. The third-order valence-electron chi connectivity index (χ3n) is 3.10. The van der Waals surface area contributed by atoms with Gasteiger partial charge in [-0.15, -0.1) is 11.3 Å². The highest BCUT2D eigenvalue weighted by molar-refractivity contribution is 7.12. The number of rotatable bonds is 7. The molecule has 1 aromatic heterocycles. The maximum absolute atomic E-state index is 3.46. The lowest BCUT2D eigenvalue weighted by Crippen LogP contribution is -2.25. The van der Waals surface area contributed by atoms with Gasteiger partial charge in [-0.2, -0.15) is 0 Å². The second kappa shape index (κ2) is 7.14. The summed E-state index contributed by atoms with van der Waals surface area (Å²) in [7, 11) is 2.19. The highest BCUT2D eigenvalue weighted by Crippen LogP contribution is 2.23. The van der Waals surface area contributed by atoms with E-state index in [0.29, 0.717) is 6.04 Å². The normalized spacial score (nSPS) is 11.7. The van der Waals surface area contributed by atoms with Gasteiger partial charge in [-0.1, -0.05) is 6.92 Å². The highest BCUT2D eigenvalue weighted by atomic mass is 32.1. The zero-order valence-corrected chi connectivity index (χ0v) is 12.7. The molecular weight excluding hydrogens is 228 g/mol. The standard InChI is InChI=1S/C14H26N2S/c1-6-7-15-9-14-8-13(12(4)17-14)10-16(5)11(2)3/h8,11,15H,6-7,9-10H2,1-5H3. The Bertz CT molecular complexity index is 331. The Morgan fingerprint density at radius 2 is 2.12 bits per heavy atom. The first kappa shape index (κ1) is 14.7. The molecule has 2 nitrogen and oxygen atoms in total. The van der Waals surface area contributed by atoms with Crippen molar-refractivity contribution < 1.29 is 0 Å². The van der Waals surface area contributed by atoms with Crippen molar-refractivity contribution in [1.82, 2.24) is 10.2 Å². The monoisotopic (exact) mass is 254 g/mol. The van der Waals surface area contributed by atoms with Gasteiger partial charge >= 0.3 is 0 Å². The maximum atomic E-state index is 3.46. The molecule has 1 heterocycles. The molecule has 0 amide bonds. The molecule has 0 atom stereocenters. The van der Waals surface area contributed by atoms with Crippen molar-refractivity contribution >= 4 is 11.3 Å². The van der Waals surface area contributed by atoms with Gasteiger partial charge in [0.1, 0.15) is 0 Å². The first-order chi connectivity index (χ1) is 8.04. The topological polar surface area (TPSA) is 15.3 Å². The Kier molecular flexibility index (Phi) is 6.17. The van der Waals surface area contributed by atoms with Gasteiger partial charge in [0.05, 0.1) is 0 Å². The SMILES string of the molecule is CCCNCc1cc(CN(C)C(C)C)c(C)s1. The van der Waals surface area contributed by atoms with Crippen LogP contribution in [0.1, 0.15) is 42.5 Å². The van der Waals surface area contributed by atoms with Crippen LogP contribution in [0.2, 0.25) is 0 Å². The predicted molar refractivity (Wildman–Crippen MR) is 77.7 cm³/mol. The second-order valence-electron chi connectivity index (χ2n) is 4.98. The molecule has 0 aromatic carbocycles. The third kappa shape index (κ3) is 4.78. The number of hydrogen-bond donors (Lipinski definition) is 1. The summed E-state index contributed by atoms with van der Waals surface area (Å²) in [5.74, 6) is 0. The van der Waals surface area contributed by atoms with Gasteiger partial charge in [-0.25, -0.2) is 0 Å². The molecule has 0 saturated heterocycles. The summed E-state index contributed by atoms with van der Waals surface area (Å²) >= 11 is 1.93. The lowest BCUT2D eigenvalue weighted by atomic mass is 10.2. The lowest BCUT2D eigenvalue weighted by molar-refractivity contribution is 0.265. The predicted octanol–water partition coefficient (Wildman–Crippen LogP) is 3.40. The molecule has 0 bridgehead atoms. The van der Waals surface area contributed by atoms with E-state index >= 15 is 0 Å². The summed E-state index contributed by atoms with van der Waals surface area (Å²) < 4.78 is 0. The van der Waals surface area contributed by atoms with Crippen molar-refractivity contribution in [2.75, 3.05) is 13.6 Å². The van der Waals surface area contributed by atoms with Gasteiger partial charge in [-0.3, -0.25) is 4.90 Å². The van der Waals surface area contributed by atoms with Crippen LogP contribution in [0.4, 0.5) is 0 Å². The van der Waals surface area contributed by atoms with Gasteiger partial charge < -0.3 is 5.32 Å². The molecule has 0 aliphatic rings. The first-order valence-electron chi connectivity index (χ1n) is 6.53.